The second kappa shape index (κ2) is 4.75. The Balaban J connectivity index is 2.20. The molecule has 0 spiro atoms. The van der Waals surface area contributed by atoms with Gasteiger partial charge in [0.1, 0.15) is 11.6 Å². The zero-order valence-corrected chi connectivity index (χ0v) is 11.5. The van der Waals surface area contributed by atoms with E-state index >= 15 is 0 Å². The lowest BCUT2D eigenvalue weighted by Crippen LogP contribution is -1.96. The summed E-state index contributed by atoms with van der Waals surface area (Å²) in [7, 11) is 0. The summed E-state index contributed by atoms with van der Waals surface area (Å²) in [5.41, 5.74) is 8.72. The highest BCUT2D eigenvalue weighted by molar-refractivity contribution is 9.10. The fraction of sp³-hybridized carbons (Fsp3) is 0.0714. The third-order valence-electron chi connectivity index (χ3n) is 3.00. The van der Waals surface area contributed by atoms with Gasteiger partial charge in [0.15, 0.2) is 0 Å². The number of nitrogens with two attached hydrogens (primary N) is 1. The van der Waals surface area contributed by atoms with Gasteiger partial charge in [-0.1, -0.05) is 28.1 Å². The number of aromatic amines is 1. The van der Waals surface area contributed by atoms with E-state index in [2.05, 4.69) is 25.9 Å². The molecule has 3 rings (SSSR count). The summed E-state index contributed by atoms with van der Waals surface area (Å²) >= 11 is 3.24. The Labute approximate surface area is 117 Å². The zero-order chi connectivity index (χ0) is 13.4. The normalized spacial score (nSPS) is 11.1. The highest BCUT2D eigenvalue weighted by atomic mass is 79.9. The fourth-order valence-electron chi connectivity index (χ4n) is 2.07. The Morgan fingerprint density at radius 1 is 1.26 bits per heavy atom. The molecule has 0 amide bonds. The van der Waals surface area contributed by atoms with Crippen LogP contribution in [-0.2, 0) is 6.54 Å². The van der Waals surface area contributed by atoms with Gasteiger partial charge in [0.25, 0.3) is 0 Å². The van der Waals surface area contributed by atoms with E-state index in [1.807, 2.05) is 18.2 Å². The summed E-state index contributed by atoms with van der Waals surface area (Å²) in [5, 5.41) is 0. The summed E-state index contributed by atoms with van der Waals surface area (Å²) in [6.45, 7) is 0.407. The van der Waals surface area contributed by atoms with Crippen LogP contribution in [0.15, 0.2) is 40.9 Å². The number of rotatable bonds is 2. The van der Waals surface area contributed by atoms with Crippen LogP contribution in [0.2, 0.25) is 0 Å². The first-order valence-electron chi connectivity index (χ1n) is 5.82. The van der Waals surface area contributed by atoms with Crippen molar-refractivity contribution >= 4 is 27.0 Å². The van der Waals surface area contributed by atoms with Gasteiger partial charge in [-0.25, -0.2) is 9.37 Å². The molecule has 96 valence electrons. The SMILES string of the molecule is NCc1cccc2[nH]c(-c3ccc(Br)cc3F)nc12. The molecule has 5 heteroatoms. The Bertz CT molecular complexity index is 752. The van der Waals surface area contributed by atoms with Gasteiger partial charge >= 0.3 is 0 Å². The molecule has 3 nitrogen and oxygen atoms in total. The van der Waals surface area contributed by atoms with E-state index in [1.54, 1.807) is 12.1 Å². The Kier molecular flexibility index (Phi) is 3.08. The number of benzene rings is 2. The van der Waals surface area contributed by atoms with Gasteiger partial charge in [0, 0.05) is 11.0 Å². The molecule has 0 unspecified atom stereocenters. The number of aromatic nitrogens is 2. The Morgan fingerprint density at radius 2 is 2.11 bits per heavy atom. The standard InChI is InChI=1S/C14H11BrFN3/c15-9-4-5-10(11(16)6-9)14-18-12-3-1-2-8(7-17)13(12)19-14/h1-6H,7,17H2,(H,18,19). The molecule has 0 aliphatic rings. The lowest BCUT2D eigenvalue weighted by Gasteiger charge is -1.99. The van der Waals surface area contributed by atoms with Crippen molar-refractivity contribution in [1.29, 1.82) is 0 Å². The van der Waals surface area contributed by atoms with Crippen molar-refractivity contribution in [3.05, 3.63) is 52.3 Å². The molecule has 3 aromatic rings. The monoisotopic (exact) mass is 319 g/mol. The first-order chi connectivity index (χ1) is 9.19. The lowest BCUT2D eigenvalue weighted by molar-refractivity contribution is 0.629. The molecule has 0 saturated carbocycles. The third-order valence-corrected chi connectivity index (χ3v) is 3.50. The fourth-order valence-corrected chi connectivity index (χ4v) is 2.40. The van der Waals surface area contributed by atoms with Gasteiger partial charge in [-0.3, -0.25) is 0 Å². The van der Waals surface area contributed by atoms with Crippen LogP contribution in [0.4, 0.5) is 4.39 Å². The second-order valence-corrected chi connectivity index (χ2v) is 5.14. The van der Waals surface area contributed by atoms with Crippen molar-refractivity contribution in [3.63, 3.8) is 0 Å². The summed E-state index contributed by atoms with van der Waals surface area (Å²) in [4.78, 5) is 7.58. The number of nitrogens with zero attached hydrogens (tertiary/aromatic N) is 1. The van der Waals surface area contributed by atoms with Crippen molar-refractivity contribution in [1.82, 2.24) is 9.97 Å². The molecule has 2 aromatic carbocycles. The number of H-pyrrole nitrogens is 1. The molecule has 1 heterocycles. The van der Waals surface area contributed by atoms with E-state index in [9.17, 15) is 4.39 Å². The van der Waals surface area contributed by atoms with E-state index in [0.717, 1.165) is 16.6 Å². The van der Waals surface area contributed by atoms with Gasteiger partial charge in [-0.2, -0.15) is 0 Å². The third kappa shape index (κ3) is 2.15. The molecule has 0 bridgehead atoms. The molecule has 0 saturated heterocycles. The number of nitrogens with one attached hydrogen (secondary N) is 1. The van der Waals surface area contributed by atoms with Gasteiger partial charge in [0.05, 0.1) is 16.6 Å². The van der Waals surface area contributed by atoms with E-state index in [4.69, 9.17) is 5.73 Å². The van der Waals surface area contributed by atoms with Crippen LogP contribution in [0, 0.1) is 5.82 Å². The molecule has 0 aliphatic heterocycles. The topological polar surface area (TPSA) is 54.7 Å². The maximum absolute atomic E-state index is 13.9. The first-order valence-corrected chi connectivity index (χ1v) is 6.61. The number of fused-ring (bicyclic) bond motifs is 1. The van der Waals surface area contributed by atoms with Crippen LogP contribution in [0.3, 0.4) is 0 Å². The number of imidazole rings is 1. The summed E-state index contributed by atoms with van der Waals surface area (Å²) in [6, 6.07) is 10.6. The van der Waals surface area contributed by atoms with Gasteiger partial charge in [-0.15, -0.1) is 0 Å². The Hall–Kier alpha value is -1.72. The van der Waals surface area contributed by atoms with E-state index in [0.29, 0.717) is 22.4 Å². The number of hydrogen-bond acceptors (Lipinski definition) is 2. The molecule has 0 radical (unpaired) electrons. The lowest BCUT2D eigenvalue weighted by atomic mass is 10.2. The van der Waals surface area contributed by atoms with E-state index in [1.165, 1.54) is 6.07 Å². The number of para-hydroxylation sites is 1. The van der Waals surface area contributed by atoms with Crippen LogP contribution < -0.4 is 5.73 Å². The molecule has 1 aromatic heterocycles. The van der Waals surface area contributed by atoms with Gasteiger partial charge in [-0.05, 0) is 29.8 Å². The molecule has 3 N–H and O–H groups in total. The van der Waals surface area contributed by atoms with Crippen molar-refractivity contribution in [2.24, 2.45) is 5.73 Å². The minimum atomic E-state index is -0.317. The smallest absolute Gasteiger partial charge is 0.141 e. The largest absolute Gasteiger partial charge is 0.338 e. The van der Waals surface area contributed by atoms with Crippen molar-refractivity contribution < 1.29 is 4.39 Å². The average molecular weight is 320 g/mol. The number of hydrogen-bond donors (Lipinski definition) is 2. The van der Waals surface area contributed by atoms with Crippen LogP contribution >= 0.6 is 15.9 Å². The summed E-state index contributed by atoms with van der Waals surface area (Å²) in [5.74, 6) is 0.198. The predicted octanol–water partition coefficient (Wildman–Crippen LogP) is 3.59. The minimum absolute atomic E-state index is 0.317. The molecular weight excluding hydrogens is 309 g/mol. The van der Waals surface area contributed by atoms with E-state index < -0.39 is 0 Å². The van der Waals surface area contributed by atoms with Crippen LogP contribution in [-0.4, -0.2) is 9.97 Å². The summed E-state index contributed by atoms with van der Waals surface area (Å²) in [6.07, 6.45) is 0. The van der Waals surface area contributed by atoms with E-state index in [-0.39, 0.29) is 5.82 Å². The first kappa shape index (κ1) is 12.3. The minimum Gasteiger partial charge on any atom is -0.338 e. The van der Waals surface area contributed by atoms with Crippen LogP contribution in [0.1, 0.15) is 5.56 Å². The molecular formula is C14H11BrFN3. The molecule has 0 atom stereocenters. The molecule has 19 heavy (non-hydrogen) atoms. The quantitative estimate of drug-likeness (QED) is 0.758. The zero-order valence-electron chi connectivity index (χ0n) is 9.95. The molecule has 0 aliphatic carbocycles. The average Bonchev–Trinajstić information content (AvgIpc) is 2.81. The van der Waals surface area contributed by atoms with Crippen molar-refractivity contribution in [2.45, 2.75) is 6.54 Å². The second-order valence-electron chi connectivity index (χ2n) is 4.23. The van der Waals surface area contributed by atoms with Crippen LogP contribution in [0.5, 0.6) is 0 Å². The van der Waals surface area contributed by atoms with Gasteiger partial charge < -0.3 is 10.7 Å². The predicted molar refractivity (Wildman–Crippen MR) is 77.1 cm³/mol. The van der Waals surface area contributed by atoms with Crippen molar-refractivity contribution in [2.75, 3.05) is 0 Å². The number of halogens is 2. The van der Waals surface area contributed by atoms with Gasteiger partial charge in [0.2, 0.25) is 0 Å². The highest BCUT2D eigenvalue weighted by Gasteiger charge is 2.11. The summed E-state index contributed by atoms with van der Waals surface area (Å²) < 4.78 is 14.6. The maximum atomic E-state index is 13.9. The van der Waals surface area contributed by atoms with Crippen LogP contribution in [0.25, 0.3) is 22.4 Å². The molecule has 0 fully saturated rings. The Morgan fingerprint density at radius 3 is 2.84 bits per heavy atom. The highest BCUT2D eigenvalue weighted by Crippen LogP contribution is 2.26. The van der Waals surface area contributed by atoms with Crippen molar-refractivity contribution in [3.8, 4) is 11.4 Å². The maximum Gasteiger partial charge on any atom is 0.141 e.